The zero-order valence-electron chi connectivity index (χ0n) is 45.7. The number of aliphatic imine (C=N–C) groups is 2. The normalized spacial score (nSPS) is 14.1. The molecule has 0 saturated heterocycles. The van der Waals surface area contributed by atoms with Crippen LogP contribution in [-0.2, 0) is 49.6 Å². The van der Waals surface area contributed by atoms with Gasteiger partial charge in [0.25, 0.3) is 0 Å². The molecule has 8 atom stereocenters. The average Bonchev–Trinajstić information content (AvgIpc) is 3.82. The lowest BCUT2D eigenvalue weighted by molar-refractivity contribution is -0.142. The lowest BCUT2D eigenvalue weighted by atomic mass is 10.0. The first-order chi connectivity index (χ1) is 38.1. The molecule has 0 saturated carbocycles. The molecule has 0 bridgehead atoms. The molecule has 448 valence electrons. The van der Waals surface area contributed by atoms with E-state index in [9.17, 15) is 48.3 Å². The van der Waals surface area contributed by atoms with Crippen LogP contribution in [0.1, 0.15) is 102 Å². The number of aromatic amines is 1. The number of unbranched alkanes of at least 4 members (excludes halogenated alkanes) is 3. The van der Waals surface area contributed by atoms with E-state index in [2.05, 4.69) is 52.2 Å². The van der Waals surface area contributed by atoms with Crippen molar-refractivity contribution < 1.29 is 48.3 Å². The maximum absolute atomic E-state index is 14.6. The lowest BCUT2D eigenvalue weighted by Crippen LogP contribution is -2.60. The van der Waals surface area contributed by atoms with Crippen LogP contribution in [0, 0.1) is 0 Å². The molecule has 1 aromatic heterocycles. The maximum Gasteiger partial charge on any atom is 0.326 e. The molecule has 0 fully saturated rings. The van der Waals surface area contributed by atoms with Gasteiger partial charge in [-0.1, -0.05) is 18.2 Å². The van der Waals surface area contributed by atoms with Crippen molar-refractivity contribution in [3.05, 3.63) is 36.0 Å². The molecule has 1 aromatic carbocycles. The third-order valence-electron chi connectivity index (χ3n) is 12.6. The number of thioether (sulfide) groups is 1. The highest BCUT2D eigenvalue weighted by Crippen LogP contribution is 2.20. The number of carboxylic acid groups (broad SMARTS) is 1. The van der Waals surface area contributed by atoms with Gasteiger partial charge in [0.15, 0.2) is 11.9 Å². The fourth-order valence-corrected chi connectivity index (χ4v) is 8.75. The van der Waals surface area contributed by atoms with Crippen LogP contribution in [0.2, 0.25) is 0 Å². The summed E-state index contributed by atoms with van der Waals surface area (Å²) in [6, 6.07) is -3.29. The second-order valence-corrected chi connectivity index (χ2v) is 20.1. The maximum atomic E-state index is 14.6. The molecule has 2 aromatic rings. The number of nitrogens with zero attached hydrogens (tertiary/aromatic N) is 2. The molecule has 0 aliphatic heterocycles. The van der Waals surface area contributed by atoms with Crippen molar-refractivity contribution in [3.8, 4) is 0 Å². The van der Waals surface area contributed by atoms with E-state index in [0.717, 1.165) is 10.9 Å². The van der Waals surface area contributed by atoms with Crippen LogP contribution < -0.4 is 88.8 Å². The van der Waals surface area contributed by atoms with Crippen LogP contribution in [0.5, 0.6) is 0 Å². The van der Waals surface area contributed by atoms with E-state index >= 15 is 0 Å². The van der Waals surface area contributed by atoms with Crippen LogP contribution in [0.25, 0.3) is 10.9 Å². The van der Waals surface area contributed by atoms with Crippen molar-refractivity contribution >= 4 is 87.8 Å². The van der Waals surface area contributed by atoms with E-state index in [-0.39, 0.29) is 95.9 Å². The monoisotopic (exact) mass is 1150 g/mol. The SMILES string of the molecule is CSCC[C@H](NC(=O)[C@H](CCCN=C(N)N)NC(=O)[C@H](CCCN=C(N)N)NC(=O)[C@@H](N)CC(N)=O)C(=O)N[C@@H](CCCCN)C(=O)N[C@@H](Cc1c[nH]c2ccccc12)C(=O)N[C@@H](CCCCN)C(=O)N[C@@H](CCCCN)C(=O)O. The van der Waals surface area contributed by atoms with Gasteiger partial charge in [0.1, 0.15) is 42.3 Å². The number of aliphatic carboxylic acids is 1. The quantitative estimate of drug-likeness (QED) is 0.0170. The number of fused-ring (bicyclic) bond motifs is 1. The Bertz CT molecular complexity index is 2370. The molecule has 0 spiro atoms. The first kappa shape index (κ1) is 68.8. The highest BCUT2D eigenvalue weighted by molar-refractivity contribution is 7.98. The highest BCUT2D eigenvalue weighted by atomic mass is 32.2. The first-order valence-corrected chi connectivity index (χ1v) is 28.2. The second-order valence-electron chi connectivity index (χ2n) is 19.1. The predicted octanol–water partition coefficient (Wildman–Crippen LogP) is -4.36. The fourth-order valence-electron chi connectivity index (χ4n) is 8.27. The summed E-state index contributed by atoms with van der Waals surface area (Å²) in [4.78, 5) is 134. The number of para-hydroxylation sites is 1. The van der Waals surface area contributed by atoms with E-state index in [4.69, 9.17) is 51.6 Å². The summed E-state index contributed by atoms with van der Waals surface area (Å²) in [7, 11) is 0. The van der Waals surface area contributed by atoms with Gasteiger partial charge in [0, 0.05) is 36.6 Å². The second kappa shape index (κ2) is 38.3. The number of benzene rings is 1. The van der Waals surface area contributed by atoms with E-state index in [0.29, 0.717) is 56.4 Å². The van der Waals surface area contributed by atoms with Gasteiger partial charge in [-0.25, -0.2) is 4.79 Å². The topological polar surface area (TPSA) is 533 Å². The summed E-state index contributed by atoms with van der Waals surface area (Å²) < 4.78 is 0. The smallest absolute Gasteiger partial charge is 0.326 e. The molecular weight excluding hydrogens is 1060 g/mol. The minimum absolute atomic E-state index is 0.0348. The van der Waals surface area contributed by atoms with Crippen LogP contribution >= 0.6 is 11.8 Å². The molecule has 1 heterocycles. The number of rotatable bonds is 42. The van der Waals surface area contributed by atoms with Crippen LogP contribution in [0.4, 0.5) is 0 Å². The number of carbonyl (C=O) groups excluding carboxylic acids is 8. The number of H-pyrrole nitrogens is 1. The van der Waals surface area contributed by atoms with Gasteiger partial charge in [0.2, 0.25) is 47.3 Å². The van der Waals surface area contributed by atoms with Gasteiger partial charge in [-0.15, -0.1) is 0 Å². The largest absolute Gasteiger partial charge is 0.480 e. The number of hydrogen-bond donors (Lipinski definition) is 18. The Labute approximate surface area is 470 Å². The summed E-state index contributed by atoms with van der Waals surface area (Å²) in [5.74, 6) is -7.85. The molecule has 0 radical (unpaired) electrons. The van der Waals surface area contributed by atoms with Crippen molar-refractivity contribution in [2.45, 2.75) is 151 Å². The number of amides is 8. The van der Waals surface area contributed by atoms with Gasteiger partial charge < -0.3 is 98.9 Å². The number of hydrogen-bond acceptors (Lipinski definition) is 16. The van der Waals surface area contributed by atoms with Gasteiger partial charge in [-0.3, -0.25) is 48.3 Å². The number of aromatic nitrogens is 1. The Hall–Kier alpha value is -7.28. The molecule has 2 rings (SSSR count). The van der Waals surface area contributed by atoms with Gasteiger partial charge >= 0.3 is 5.97 Å². The van der Waals surface area contributed by atoms with Gasteiger partial charge in [-0.05, 0) is 133 Å². The highest BCUT2D eigenvalue weighted by Gasteiger charge is 2.35. The van der Waals surface area contributed by atoms with Gasteiger partial charge in [0.05, 0.1) is 12.5 Å². The number of nitrogens with one attached hydrogen (secondary N) is 8. The molecular formula is C50H87N19O10S. The first-order valence-electron chi connectivity index (χ1n) is 26.8. The van der Waals surface area contributed by atoms with E-state index in [1.807, 2.05) is 18.2 Å². The van der Waals surface area contributed by atoms with Crippen LogP contribution in [-0.4, -0.2) is 168 Å². The zero-order valence-corrected chi connectivity index (χ0v) is 46.5. The summed E-state index contributed by atoms with van der Waals surface area (Å²) in [6.45, 7) is 0.977. The summed E-state index contributed by atoms with van der Waals surface area (Å²) in [5.41, 5.74) is 51.7. The lowest BCUT2D eigenvalue weighted by Gasteiger charge is -2.28. The third kappa shape index (κ3) is 26.6. The van der Waals surface area contributed by atoms with E-state index in [1.54, 1.807) is 18.5 Å². The minimum atomic E-state index is -1.40. The predicted molar refractivity (Wildman–Crippen MR) is 306 cm³/mol. The number of carbonyl (C=O) groups is 9. The molecule has 0 unspecified atom stereocenters. The van der Waals surface area contributed by atoms with Crippen LogP contribution in [0.15, 0.2) is 40.4 Å². The summed E-state index contributed by atoms with van der Waals surface area (Å²) in [6.07, 6.45) is 5.94. The Kier molecular flexibility index (Phi) is 33.0. The summed E-state index contributed by atoms with van der Waals surface area (Å²) >= 11 is 1.36. The van der Waals surface area contributed by atoms with E-state index in [1.165, 1.54) is 11.8 Å². The van der Waals surface area contributed by atoms with Crippen molar-refractivity contribution in [1.82, 2.24) is 42.2 Å². The van der Waals surface area contributed by atoms with Crippen molar-refractivity contribution in [1.29, 1.82) is 0 Å². The fraction of sp³-hybridized carbons (Fsp3) is 0.620. The Morgan fingerprint density at radius 1 is 0.525 bits per heavy atom. The third-order valence-corrected chi connectivity index (χ3v) is 13.3. The number of carboxylic acids is 1. The van der Waals surface area contributed by atoms with Crippen molar-refractivity contribution in [2.24, 2.45) is 61.6 Å². The molecule has 0 aliphatic rings. The molecule has 0 aliphatic carbocycles. The number of guanidine groups is 2. The summed E-state index contributed by atoms with van der Waals surface area (Å²) in [5, 5.41) is 29.4. The number of nitrogens with two attached hydrogens (primary N) is 9. The molecule has 8 amide bonds. The standard InChI is InChI=1S/C50H87N19O10S/c1-80-25-19-37(67-43(73)36(18-11-24-61-50(58)59)65-42(72)35(17-10-23-60-49(56)57)63-41(71)31(54)27-40(55)70)46(76)64-34(15-5-8-21-52)45(75)69-39(26-29-28-62-32-13-3-2-12-30(29)32)47(77)66-33(14-4-7-20-51)44(74)68-38(48(78)79)16-6-9-22-53/h2-3,12-13,28,31,33-39,62H,4-11,14-27,51-54H2,1H3,(H2,55,70)(H,63,71)(H,64,76)(H,65,72)(H,66,77)(H,67,73)(H,68,74)(H,69,75)(H,78,79)(H4,56,57,60)(H4,58,59,61)/t31-,33-,34-,35-,36-,37-,38-,39-/m0/s1. The van der Waals surface area contributed by atoms with E-state index < -0.39 is 108 Å². The van der Waals surface area contributed by atoms with Crippen LogP contribution in [0.3, 0.4) is 0 Å². The number of primary amides is 1. The molecule has 27 N–H and O–H groups in total. The van der Waals surface area contributed by atoms with Gasteiger partial charge in [-0.2, -0.15) is 11.8 Å². The molecule has 29 nitrogen and oxygen atoms in total. The zero-order chi connectivity index (χ0) is 59.6. The minimum Gasteiger partial charge on any atom is -0.480 e. The Balaban J connectivity index is 2.57. The van der Waals surface area contributed by atoms with Crippen molar-refractivity contribution in [3.63, 3.8) is 0 Å². The Morgan fingerprint density at radius 2 is 0.900 bits per heavy atom. The molecule has 30 heteroatoms. The van der Waals surface area contributed by atoms with Crippen molar-refractivity contribution in [2.75, 3.05) is 44.7 Å². The molecule has 80 heavy (non-hydrogen) atoms. The average molecular weight is 1150 g/mol. The Morgan fingerprint density at radius 3 is 1.31 bits per heavy atom.